The monoisotopic (exact) mass is 352 g/mol. The Balaban J connectivity index is 1.89. The van der Waals surface area contributed by atoms with Crippen LogP contribution in [0.3, 0.4) is 0 Å². The third-order valence-corrected chi connectivity index (χ3v) is 4.55. The van der Waals surface area contributed by atoms with Crippen LogP contribution < -0.4 is 15.0 Å². The summed E-state index contributed by atoms with van der Waals surface area (Å²) in [5.74, 6) is 0.0728. The Bertz CT molecular complexity index is 837. The third kappa shape index (κ3) is 3.29. The van der Waals surface area contributed by atoms with E-state index in [1.165, 1.54) is 10.5 Å². The van der Waals surface area contributed by atoms with Gasteiger partial charge < -0.3 is 10.1 Å². The minimum atomic E-state index is -0.572. The number of hydrogen-bond acceptors (Lipinski definition) is 4. The van der Waals surface area contributed by atoms with Crippen LogP contribution in [0.15, 0.2) is 36.4 Å². The van der Waals surface area contributed by atoms with Crippen molar-refractivity contribution >= 4 is 23.2 Å². The average Bonchev–Trinajstić information content (AvgIpc) is 2.86. The third-order valence-electron chi connectivity index (χ3n) is 4.55. The van der Waals surface area contributed by atoms with Crippen molar-refractivity contribution in [3.63, 3.8) is 0 Å². The van der Waals surface area contributed by atoms with E-state index in [9.17, 15) is 9.59 Å². The van der Waals surface area contributed by atoms with E-state index >= 15 is 0 Å². The number of imide groups is 1. The summed E-state index contributed by atoms with van der Waals surface area (Å²) in [5.41, 5.74) is 4.73. The minimum absolute atomic E-state index is 0.131. The van der Waals surface area contributed by atoms with Gasteiger partial charge in [0.15, 0.2) is 0 Å². The van der Waals surface area contributed by atoms with Gasteiger partial charge in [0.05, 0.1) is 18.7 Å². The number of para-hydroxylation sites is 2. The van der Waals surface area contributed by atoms with E-state index < -0.39 is 6.04 Å². The molecule has 2 aromatic carbocycles. The van der Waals surface area contributed by atoms with Crippen molar-refractivity contribution < 1.29 is 14.3 Å². The van der Waals surface area contributed by atoms with Crippen molar-refractivity contribution in [2.75, 3.05) is 16.8 Å². The number of nitrogens with one attached hydrogen (secondary N) is 1. The molecule has 1 aliphatic rings. The maximum Gasteiger partial charge on any atom is 0.256 e. The number of hydrogen-bond donors (Lipinski definition) is 1. The molecule has 136 valence electrons. The van der Waals surface area contributed by atoms with E-state index in [4.69, 9.17) is 4.74 Å². The molecule has 0 unspecified atom stereocenters. The standard InChI is InChI=1S/C21H24N2O3/c1-5-26-18-9-7-6-8-17(18)23-19(24)12-16(21(23)25)22-20-14(3)10-13(2)11-15(20)4/h6-11,16,22H,5,12H2,1-4H3/t16-/m0/s1. The average molecular weight is 352 g/mol. The number of aryl methyl sites for hydroxylation is 3. The second kappa shape index (κ2) is 7.20. The lowest BCUT2D eigenvalue weighted by atomic mass is 10.0. The topological polar surface area (TPSA) is 58.6 Å². The molecule has 1 fully saturated rings. The number of nitrogens with zero attached hydrogens (tertiary/aromatic N) is 1. The van der Waals surface area contributed by atoms with Crippen LogP contribution in [-0.2, 0) is 9.59 Å². The van der Waals surface area contributed by atoms with Crippen molar-refractivity contribution in [1.29, 1.82) is 0 Å². The largest absolute Gasteiger partial charge is 0.492 e. The summed E-state index contributed by atoms with van der Waals surface area (Å²) >= 11 is 0. The van der Waals surface area contributed by atoms with E-state index in [1.54, 1.807) is 18.2 Å². The first-order chi connectivity index (χ1) is 12.4. The lowest BCUT2D eigenvalue weighted by Gasteiger charge is -2.20. The van der Waals surface area contributed by atoms with Crippen LogP contribution in [0.2, 0.25) is 0 Å². The van der Waals surface area contributed by atoms with Crippen molar-refractivity contribution in [3.8, 4) is 5.75 Å². The van der Waals surface area contributed by atoms with E-state index in [-0.39, 0.29) is 18.2 Å². The van der Waals surface area contributed by atoms with Crippen LogP contribution in [0.1, 0.15) is 30.0 Å². The summed E-state index contributed by atoms with van der Waals surface area (Å²) in [5, 5.41) is 3.28. The highest BCUT2D eigenvalue weighted by Crippen LogP contribution is 2.33. The maximum atomic E-state index is 13.0. The van der Waals surface area contributed by atoms with Crippen molar-refractivity contribution in [3.05, 3.63) is 53.1 Å². The normalized spacial score (nSPS) is 16.9. The SMILES string of the molecule is CCOc1ccccc1N1C(=O)C[C@H](Nc2c(C)cc(C)cc2C)C1=O. The molecule has 0 radical (unpaired) electrons. The highest BCUT2D eigenvalue weighted by molar-refractivity contribution is 6.23. The predicted molar refractivity (Wildman–Crippen MR) is 103 cm³/mol. The molecule has 5 heteroatoms. The van der Waals surface area contributed by atoms with Gasteiger partial charge in [0.25, 0.3) is 5.91 Å². The van der Waals surface area contributed by atoms with Crippen LogP contribution in [0, 0.1) is 20.8 Å². The molecule has 26 heavy (non-hydrogen) atoms. The number of amides is 2. The zero-order valence-electron chi connectivity index (χ0n) is 15.6. The van der Waals surface area contributed by atoms with Crippen LogP contribution in [-0.4, -0.2) is 24.5 Å². The number of anilines is 2. The van der Waals surface area contributed by atoms with Crippen LogP contribution in [0.5, 0.6) is 5.75 Å². The first-order valence-electron chi connectivity index (χ1n) is 8.85. The van der Waals surface area contributed by atoms with Gasteiger partial charge in [0.1, 0.15) is 11.8 Å². The van der Waals surface area contributed by atoms with Crippen molar-refractivity contribution in [2.24, 2.45) is 0 Å². The Morgan fingerprint density at radius 3 is 2.42 bits per heavy atom. The Morgan fingerprint density at radius 1 is 1.12 bits per heavy atom. The van der Waals surface area contributed by atoms with Gasteiger partial charge in [-0.05, 0) is 51.0 Å². The zero-order chi connectivity index (χ0) is 18.8. The molecular formula is C21H24N2O3. The molecule has 1 aliphatic heterocycles. The molecule has 0 spiro atoms. The summed E-state index contributed by atoms with van der Waals surface area (Å²) in [7, 11) is 0. The van der Waals surface area contributed by atoms with Gasteiger partial charge in [-0.2, -0.15) is 0 Å². The molecule has 0 bridgehead atoms. The van der Waals surface area contributed by atoms with Gasteiger partial charge in [-0.25, -0.2) is 4.90 Å². The molecule has 1 atom stereocenters. The molecule has 1 saturated heterocycles. The molecular weight excluding hydrogens is 328 g/mol. The molecule has 2 amide bonds. The Kier molecular flexibility index (Phi) is 4.98. The van der Waals surface area contributed by atoms with Gasteiger partial charge in [-0.15, -0.1) is 0 Å². The van der Waals surface area contributed by atoms with Gasteiger partial charge in [0.2, 0.25) is 5.91 Å². The molecule has 0 aromatic heterocycles. The predicted octanol–water partition coefficient (Wildman–Crippen LogP) is 3.75. The van der Waals surface area contributed by atoms with E-state index in [1.807, 2.05) is 33.8 Å². The molecule has 0 aliphatic carbocycles. The molecule has 5 nitrogen and oxygen atoms in total. The van der Waals surface area contributed by atoms with Gasteiger partial charge in [0, 0.05) is 5.69 Å². The fourth-order valence-corrected chi connectivity index (χ4v) is 3.50. The van der Waals surface area contributed by atoms with Crippen molar-refractivity contribution in [2.45, 2.75) is 40.2 Å². The van der Waals surface area contributed by atoms with Crippen LogP contribution in [0.25, 0.3) is 0 Å². The smallest absolute Gasteiger partial charge is 0.256 e. The van der Waals surface area contributed by atoms with E-state index in [0.717, 1.165) is 16.8 Å². The van der Waals surface area contributed by atoms with Gasteiger partial charge >= 0.3 is 0 Å². The molecule has 0 saturated carbocycles. The lowest BCUT2D eigenvalue weighted by Crippen LogP contribution is -2.35. The highest BCUT2D eigenvalue weighted by atomic mass is 16.5. The zero-order valence-corrected chi connectivity index (χ0v) is 15.6. The Hall–Kier alpha value is -2.82. The van der Waals surface area contributed by atoms with Crippen LogP contribution in [0.4, 0.5) is 11.4 Å². The summed E-state index contributed by atoms with van der Waals surface area (Å²) in [6.45, 7) is 8.40. The summed E-state index contributed by atoms with van der Waals surface area (Å²) in [6, 6.07) is 10.7. The van der Waals surface area contributed by atoms with E-state index in [2.05, 4.69) is 17.4 Å². The maximum absolute atomic E-state index is 13.0. The first-order valence-corrected chi connectivity index (χ1v) is 8.85. The lowest BCUT2D eigenvalue weighted by molar-refractivity contribution is -0.121. The minimum Gasteiger partial charge on any atom is -0.492 e. The fourth-order valence-electron chi connectivity index (χ4n) is 3.50. The first kappa shape index (κ1) is 18.0. The quantitative estimate of drug-likeness (QED) is 0.833. The van der Waals surface area contributed by atoms with Crippen LogP contribution >= 0.6 is 0 Å². The summed E-state index contributed by atoms with van der Waals surface area (Å²) in [6.07, 6.45) is 0.131. The summed E-state index contributed by atoms with van der Waals surface area (Å²) in [4.78, 5) is 26.8. The second-order valence-electron chi connectivity index (χ2n) is 6.64. The van der Waals surface area contributed by atoms with Gasteiger partial charge in [-0.3, -0.25) is 9.59 Å². The molecule has 2 aromatic rings. The number of carbonyl (C=O) groups is 2. The second-order valence-corrected chi connectivity index (χ2v) is 6.64. The Labute approximate surface area is 154 Å². The molecule has 1 N–H and O–H groups in total. The highest BCUT2D eigenvalue weighted by Gasteiger charge is 2.41. The number of ether oxygens (including phenoxy) is 1. The van der Waals surface area contributed by atoms with E-state index in [0.29, 0.717) is 18.0 Å². The summed E-state index contributed by atoms with van der Waals surface area (Å²) < 4.78 is 5.58. The number of rotatable bonds is 5. The van der Waals surface area contributed by atoms with Crippen molar-refractivity contribution in [1.82, 2.24) is 0 Å². The fraction of sp³-hybridized carbons (Fsp3) is 0.333. The Morgan fingerprint density at radius 2 is 1.77 bits per heavy atom. The number of benzene rings is 2. The number of carbonyl (C=O) groups excluding carboxylic acids is 2. The molecule has 1 heterocycles. The molecule has 3 rings (SSSR count). The van der Waals surface area contributed by atoms with Gasteiger partial charge in [-0.1, -0.05) is 29.8 Å².